The third-order valence-corrected chi connectivity index (χ3v) is 6.26. The van der Waals surface area contributed by atoms with Crippen LogP contribution in [-0.2, 0) is 0 Å². The van der Waals surface area contributed by atoms with Crippen LogP contribution in [0.3, 0.4) is 0 Å². The molecule has 24 heavy (non-hydrogen) atoms. The fourth-order valence-corrected chi connectivity index (χ4v) is 4.87. The van der Waals surface area contributed by atoms with E-state index in [-0.39, 0.29) is 18.8 Å². The van der Waals surface area contributed by atoms with Gasteiger partial charge in [-0.25, -0.2) is 4.98 Å². The van der Waals surface area contributed by atoms with Gasteiger partial charge in [0.25, 0.3) is 0 Å². The van der Waals surface area contributed by atoms with E-state index in [0.717, 1.165) is 44.4 Å². The van der Waals surface area contributed by atoms with Crippen molar-refractivity contribution in [3.63, 3.8) is 0 Å². The maximum Gasteiger partial charge on any atom is 0.104 e. The summed E-state index contributed by atoms with van der Waals surface area (Å²) in [6, 6.07) is 6.63. The molecule has 2 aliphatic rings. The van der Waals surface area contributed by atoms with Crippen molar-refractivity contribution >= 4 is 27.2 Å². The van der Waals surface area contributed by atoms with E-state index < -0.39 is 0 Å². The highest BCUT2D eigenvalue weighted by Gasteiger charge is 2.31. The van der Waals surface area contributed by atoms with Crippen molar-refractivity contribution in [1.29, 1.82) is 0 Å². The van der Waals surface area contributed by atoms with Crippen LogP contribution in [0.4, 0.5) is 5.69 Å². The molecule has 2 aliphatic heterocycles. The molecule has 0 bridgehead atoms. The van der Waals surface area contributed by atoms with Crippen LogP contribution in [0, 0.1) is 5.92 Å². The molecule has 0 saturated carbocycles. The van der Waals surface area contributed by atoms with E-state index in [1.807, 2.05) is 5.51 Å². The predicted molar refractivity (Wildman–Crippen MR) is 97.6 cm³/mol. The van der Waals surface area contributed by atoms with E-state index in [1.165, 1.54) is 10.4 Å². The fraction of sp³-hybridized carbons (Fsp3) is 0.611. The van der Waals surface area contributed by atoms with Crippen molar-refractivity contribution in [1.82, 2.24) is 9.88 Å². The topological polar surface area (TPSA) is 59.8 Å². The van der Waals surface area contributed by atoms with Crippen molar-refractivity contribution in [2.45, 2.75) is 31.4 Å². The van der Waals surface area contributed by atoms with Crippen molar-refractivity contribution in [2.24, 2.45) is 5.92 Å². The Hall–Kier alpha value is -1.21. The molecular weight excluding hydrogens is 322 g/mol. The minimum absolute atomic E-state index is 0.196. The lowest BCUT2D eigenvalue weighted by atomic mass is 9.98. The van der Waals surface area contributed by atoms with Crippen molar-refractivity contribution < 1.29 is 10.2 Å². The fourth-order valence-electron chi connectivity index (χ4n) is 4.17. The van der Waals surface area contributed by atoms with Crippen LogP contribution in [0.2, 0.25) is 0 Å². The van der Waals surface area contributed by atoms with E-state index >= 15 is 0 Å². The van der Waals surface area contributed by atoms with Crippen molar-refractivity contribution in [3.05, 3.63) is 23.7 Å². The number of hydrogen-bond acceptors (Lipinski definition) is 6. The molecule has 0 unspecified atom stereocenters. The van der Waals surface area contributed by atoms with Gasteiger partial charge in [0.2, 0.25) is 0 Å². The number of aliphatic hydroxyl groups excluding tert-OH is 2. The van der Waals surface area contributed by atoms with Crippen molar-refractivity contribution in [3.8, 4) is 0 Å². The van der Waals surface area contributed by atoms with E-state index in [1.54, 1.807) is 11.3 Å². The Morgan fingerprint density at radius 1 is 1.21 bits per heavy atom. The number of anilines is 1. The van der Waals surface area contributed by atoms with Gasteiger partial charge in [0, 0.05) is 32.2 Å². The molecule has 4 rings (SSSR count). The molecule has 1 aromatic carbocycles. The Morgan fingerprint density at radius 3 is 3.00 bits per heavy atom. The molecule has 2 saturated heterocycles. The first-order valence-corrected chi connectivity index (χ1v) is 9.72. The first-order chi connectivity index (χ1) is 11.7. The SMILES string of the molecule is OC[C@H]1CC[C@@H](O)CN1C[C@H]1CCN(c2cccc3scnc23)C1. The highest BCUT2D eigenvalue weighted by Crippen LogP contribution is 2.32. The normalized spacial score (nSPS) is 28.8. The molecule has 3 atom stereocenters. The molecule has 130 valence electrons. The van der Waals surface area contributed by atoms with Crippen LogP contribution in [-0.4, -0.2) is 65.0 Å². The number of piperidine rings is 1. The lowest BCUT2D eigenvalue weighted by Gasteiger charge is -2.38. The summed E-state index contributed by atoms with van der Waals surface area (Å²) >= 11 is 1.69. The van der Waals surface area contributed by atoms with E-state index in [0.29, 0.717) is 12.5 Å². The summed E-state index contributed by atoms with van der Waals surface area (Å²) in [5.74, 6) is 0.582. The van der Waals surface area contributed by atoms with E-state index in [2.05, 4.69) is 33.0 Å². The van der Waals surface area contributed by atoms with Crippen molar-refractivity contribution in [2.75, 3.05) is 37.7 Å². The van der Waals surface area contributed by atoms with Gasteiger partial charge in [-0.1, -0.05) is 6.07 Å². The number of likely N-dealkylation sites (tertiary alicyclic amines) is 1. The van der Waals surface area contributed by atoms with Gasteiger partial charge < -0.3 is 15.1 Å². The number of thiazole rings is 1. The Labute approximate surface area is 146 Å². The number of rotatable bonds is 4. The summed E-state index contributed by atoms with van der Waals surface area (Å²) in [5, 5.41) is 19.6. The molecular formula is C18H25N3O2S. The molecule has 2 fully saturated rings. The average molecular weight is 347 g/mol. The number of para-hydroxylation sites is 1. The number of β-amino-alcohol motifs (C(OH)–C–C–N with tert-alkyl or cyclic N) is 1. The largest absolute Gasteiger partial charge is 0.395 e. The molecule has 2 N–H and O–H groups in total. The third-order valence-electron chi connectivity index (χ3n) is 5.46. The van der Waals surface area contributed by atoms with Crippen LogP contribution in [0.25, 0.3) is 10.2 Å². The second-order valence-corrected chi connectivity index (χ2v) is 7.98. The Bertz CT molecular complexity index is 692. The van der Waals surface area contributed by atoms with Gasteiger partial charge in [-0.3, -0.25) is 4.90 Å². The zero-order valence-corrected chi connectivity index (χ0v) is 14.7. The molecule has 2 aromatic rings. The second kappa shape index (κ2) is 6.96. The third kappa shape index (κ3) is 3.16. The molecule has 1 aromatic heterocycles. The zero-order valence-electron chi connectivity index (χ0n) is 13.8. The van der Waals surface area contributed by atoms with Gasteiger partial charge in [0.1, 0.15) is 5.52 Å². The van der Waals surface area contributed by atoms with Gasteiger partial charge in [-0.15, -0.1) is 11.3 Å². The van der Waals surface area contributed by atoms with Crippen LogP contribution in [0.15, 0.2) is 23.7 Å². The van der Waals surface area contributed by atoms with E-state index in [9.17, 15) is 10.2 Å². The monoisotopic (exact) mass is 347 g/mol. The number of aromatic nitrogens is 1. The first kappa shape index (κ1) is 16.3. The lowest BCUT2D eigenvalue weighted by Crippen LogP contribution is -2.49. The summed E-state index contributed by atoms with van der Waals surface area (Å²) < 4.78 is 1.25. The Morgan fingerprint density at radius 2 is 2.12 bits per heavy atom. The number of fused-ring (bicyclic) bond motifs is 1. The Balaban J connectivity index is 1.44. The van der Waals surface area contributed by atoms with Gasteiger partial charge in [-0.05, 0) is 37.3 Å². The van der Waals surface area contributed by atoms with Gasteiger partial charge in [0.15, 0.2) is 0 Å². The van der Waals surface area contributed by atoms with Crippen LogP contribution in [0.5, 0.6) is 0 Å². The summed E-state index contributed by atoms with van der Waals surface area (Å²) in [6.45, 7) is 3.94. The summed E-state index contributed by atoms with van der Waals surface area (Å²) in [4.78, 5) is 9.28. The summed E-state index contributed by atoms with van der Waals surface area (Å²) in [6.07, 6.45) is 2.62. The quantitative estimate of drug-likeness (QED) is 0.885. The standard InChI is InChI=1S/C18H25N3O2S/c22-11-14-4-5-15(23)10-21(14)9-13-6-7-20(8-13)16-2-1-3-17-18(16)19-12-24-17/h1-3,12-15,22-23H,4-11H2/t13-,14+,15+/m0/s1. The first-order valence-electron chi connectivity index (χ1n) is 8.84. The molecule has 6 heteroatoms. The number of aliphatic hydroxyl groups is 2. The lowest BCUT2D eigenvalue weighted by molar-refractivity contribution is 0.00726. The minimum atomic E-state index is -0.242. The molecule has 0 aliphatic carbocycles. The van der Waals surface area contributed by atoms with Gasteiger partial charge in [0.05, 0.1) is 28.6 Å². The van der Waals surface area contributed by atoms with Crippen LogP contribution in [0.1, 0.15) is 19.3 Å². The molecule has 5 nitrogen and oxygen atoms in total. The average Bonchev–Trinajstić information content (AvgIpc) is 3.23. The van der Waals surface area contributed by atoms with Gasteiger partial charge >= 0.3 is 0 Å². The molecule has 0 spiro atoms. The highest BCUT2D eigenvalue weighted by atomic mass is 32.1. The molecule has 0 radical (unpaired) electrons. The predicted octanol–water partition coefficient (Wildman–Crippen LogP) is 1.94. The van der Waals surface area contributed by atoms with Crippen LogP contribution < -0.4 is 4.90 Å². The highest BCUT2D eigenvalue weighted by molar-refractivity contribution is 7.16. The zero-order chi connectivity index (χ0) is 16.5. The van der Waals surface area contributed by atoms with Gasteiger partial charge in [-0.2, -0.15) is 0 Å². The summed E-state index contributed by atoms with van der Waals surface area (Å²) in [5.41, 5.74) is 4.28. The number of benzene rings is 1. The summed E-state index contributed by atoms with van der Waals surface area (Å²) in [7, 11) is 0. The maximum atomic E-state index is 9.95. The maximum absolute atomic E-state index is 9.95. The number of nitrogens with zero attached hydrogens (tertiary/aromatic N) is 3. The smallest absolute Gasteiger partial charge is 0.104 e. The molecule has 0 amide bonds. The minimum Gasteiger partial charge on any atom is -0.395 e. The van der Waals surface area contributed by atoms with Crippen LogP contribution >= 0.6 is 11.3 Å². The Kier molecular flexibility index (Phi) is 4.72. The van der Waals surface area contributed by atoms with E-state index in [4.69, 9.17) is 0 Å². The second-order valence-electron chi connectivity index (χ2n) is 7.10. The molecule has 3 heterocycles. The number of hydrogen-bond donors (Lipinski definition) is 2.